The van der Waals surface area contributed by atoms with Crippen molar-refractivity contribution in [3.63, 3.8) is 0 Å². The van der Waals surface area contributed by atoms with Crippen LogP contribution in [0.2, 0.25) is 0 Å². The molecule has 2 aromatic rings. The van der Waals surface area contributed by atoms with Crippen molar-refractivity contribution in [3.05, 3.63) is 34.9 Å². The van der Waals surface area contributed by atoms with Gasteiger partial charge in [-0.3, -0.25) is 0 Å². The molecule has 1 aromatic heterocycles. The van der Waals surface area contributed by atoms with Gasteiger partial charge in [0.2, 0.25) is 5.95 Å². The highest BCUT2D eigenvalue weighted by atomic mass is 79.9. The molecular formula is C12H13BrN4O2S. The van der Waals surface area contributed by atoms with Crippen molar-refractivity contribution >= 4 is 43.2 Å². The molecule has 0 atom stereocenters. The maximum absolute atomic E-state index is 11.4. The third kappa shape index (κ3) is 3.45. The van der Waals surface area contributed by atoms with E-state index in [1.807, 2.05) is 0 Å². The molecule has 2 rings (SSSR count). The number of anilines is 3. The van der Waals surface area contributed by atoms with E-state index in [4.69, 9.17) is 0 Å². The Labute approximate surface area is 125 Å². The molecule has 0 bridgehead atoms. The Morgan fingerprint density at radius 3 is 2.40 bits per heavy atom. The van der Waals surface area contributed by atoms with Crippen LogP contribution in [0.3, 0.4) is 0 Å². The van der Waals surface area contributed by atoms with Crippen LogP contribution in [-0.4, -0.2) is 31.7 Å². The molecule has 20 heavy (non-hydrogen) atoms. The number of rotatable bonds is 4. The summed E-state index contributed by atoms with van der Waals surface area (Å²) < 4.78 is 23.5. The lowest BCUT2D eigenvalue weighted by Crippen LogP contribution is -2.01. The summed E-state index contributed by atoms with van der Waals surface area (Å²) in [5.74, 6) is 1.08. The number of hydrogen-bond donors (Lipinski definition) is 2. The summed E-state index contributed by atoms with van der Waals surface area (Å²) >= 11 is 3.35. The van der Waals surface area contributed by atoms with Gasteiger partial charge < -0.3 is 10.6 Å². The highest BCUT2D eigenvalue weighted by molar-refractivity contribution is 9.10. The van der Waals surface area contributed by atoms with Crippen molar-refractivity contribution < 1.29 is 8.42 Å². The Kier molecular flexibility index (Phi) is 4.24. The molecule has 8 heteroatoms. The lowest BCUT2D eigenvalue weighted by molar-refractivity contribution is 0.602. The van der Waals surface area contributed by atoms with E-state index in [0.29, 0.717) is 16.2 Å². The molecule has 0 fully saturated rings. The SMILES string of the molecule is CNc1ncc(Br)c(Nc2ccc(S(C)(=O)=O)cc2)n1. The van der Waals surface area contributed by atoms with E-state index in [0.717, 1.165) is 5.69 Å². The van der Waals surface area contributed by atoms with Crippen LogP contribution in [0.1, 0.15) is 0 Å². The van der Waals surface area contributed by atoms with Crippen LogP contribution in [0, 0.1) is 0 Å². The normalized spacial score (nSPS) is 11.2. The van der Waals surface area contributed by atoms with Crippen molar-refractivity contribution in [2.24, 2.45) is 0 Å². The largest absolute Gasteiger partial charge is 0.357 e. The van der Waals surface area contributed by atoms with E-state index < -0.39 is 9.84 Å². The molecule has 6 nitrogen and oxygen atoms in total. The Morgan fingerprint density at radius 1 is 1.20 bits per heavy atom. The van der Waals surface area contributed by atoms with Gasteiger partial charge in [0.25, 0.3) is 0 Å². The minimum atomic E-state index is -3.18. The maximum Gasteiger partial charge on any atom is 0.224 e. The number of benzene rings is 1. The van der Waals surface area contributed by atoms with Crippen LogP contribution in [0.15, 0.2) is 39.8 Å². The molecular weight excluding hydrogens is 344 g/mol. The van der Waals surface area contributed by atoms with Gasteiger partial charge in [-0.15, -0.1) is 0 Å². The standard InChI is InChI=1S/C12H13BrN4O2S/c1-14-12-15-7-10(13)11(17-12)16-8-3-5-9(6-4-8)20(2,18)19/h3-7H,1-2H3,(H2,14,15,16,17). The number of sulfone groups is 1. The summed E-state index contributed by atoms with van der Waals surface area (Å²) in [6.07, 6.45) is 2.81. The van der Waals surface area contributed by atoms with Crippen LogP contribution in [0.5, 0.6) is 0 Å². The Hall–Kier alpha value is -1.67. The van der Waals surface area contributed by atoms with E-state index in [-0.39, 0.29) is 4.90 Å². The van der Waals surface area contributed by atoms with Crippen molar-refractivity contribution in [2.45, 2.75) is 4.90 Å². The first-order valence-electron chi connectivity index (χ1n) is 5.67. The minimum Gasteiger partial charge on any atom is -0.357 e. The van der Waals surface area contributed by atoms with Crippen LogP contribution in [-0.2, 0) is 9.84 Å². The van der Waals surface area contributed by atoms with Crippen molar-refractivity contribution in [2.75, 3.05) is 23.9 Å². The van der Waals surface area contributed by atoms with Crippen LogP contribution in [0.4, 0.5) is 17.5 Å². The van der Waals surface area contributed by atoms with E-state index in [9.17, 15) is 8.42 Å². The quantitative estimate of drug-likeness (QED) is 0.874. The molecule has 2 N–H and O–H groups in total. The molecule has 0 spiro atoms. The average molecular weight is 357 g/mol. The van der Waals surface area contributed by atoms with Gasteiger partial charge in [0.15, 0.2) is 9.84 Å². The van der Waals surface area contributed by atoms with Gasteiger partial charge in [0, 0.05) is 25.2 Å². The third-order valence-corrected chi connectivity index (χ3v) is 4.22. The van der Waals surface area contributed by atoms with Gasteiger partial charge in [-0.1, -0.05) is 0 Å². The molecule has 1 aromatic carbocycles. The fourth-order valence-corrected chi connectivity index (χ4v) is 2.42. The molecule has 0 radical (unpaired) electrons. The molecule has 0 amide bonds. The second-order valence-electron chi connectivity index (χ2n) is 4.06. The molecule has 0 aliphatic rings. The van der Waals surface area contributed by atoms with Gasteiger partial charge in [-0.2, -0.15) is 4.98 Å². The van der Waals surface area contributed by atoms with Crippen LogP contribution >= 0.6 is 15.9 Å². The molecule has 1 heterocycles. The van der Waals surface area contributed by atoms with E-state index in [2.05, 4.69) is 36.5 Å². The first-order chi connectivity index (χ1) is 9.40. The highest BCUT2D eigenvalue weighted by Crippen LogP contribution is 2.24. The van der Waals surface area contributed by atoms with Gasteiger partial charge >= 0.3 is 0 Å². The fraction of sp³-hybridized carbons (Fsp3) is 0.167. The summed E-state index contributed by atoms with van der Waals surface area (Å²) in [6.45, 7) is 0. The lowest BCUT2D eigenvalue weighted by atomic mass is 10.3. The maximum atomic E-state index is 11.4. The fourth-order valence-electron chi connectivity index (χ4n) is 1.50. The zero-order valence-corrected chi connectivity index (χ0v) is 13.3. The van der Waals surface area contributed by atoms with Crippen molar-refractivity contribution in [3.8, 4) is 0 Å². The second kappa shape index (κ2) is 5.76. The predicted octanol–water partition coefficient (Wildman–Crippen LogP) is 2.43. The van der Waals surface area contributed by atoms with Gasteiger partial charge in [0.1, 0.15) is 5.82 Å². The number of hydrogen-bond acceptors (Lipinski definition) is 6. The van der Waals surface area contributed by atoms with E-state index >= 15 is 0 Å². The van der Waals surface area contributed by atoms with E-state index in [1.54, 1.807) is 37.5 Å². The highest BCUT2D eigenvalue weighted by Gasteiger charge is 2.08. The van der Waals surface area contributed by atoms with Gasteiger partial charge in [0.05, 0.1) is 9.37 Å². The molecule has 106 valence electrons. The summed E-state index contributed by atoms with van der Waals surface area (Å²) in [7, 11) is -1.45. The minimum absolute atomic E-state index is 0.278. The zero-order valence-electron chi connectivity index (χ0n) is 10.9. The second-order valence-corrected chi connectivity index (χ2v) is 6.93. The van der Waals surface area contributed by atoms with Gasteiger partial charge in [-0.05, 0) is 40.2 Å². The summed E-state index contributed by atoms with van der Waals surface area (Å²) in [5, 5.41) is 5.94. The first-order valence-corrected chi connectivity index (χ1v) is 8.36. The third-order valence-electron chi connectivity index (χ3n) is 2.51. The smallest absolute Gasteiger partial charge is 0.224 e. The molecule has 0 unspecified atom stereocenters. The monoisotopic (exact) mass is 356 g/mol. The first kappa shape index (κ1) is 14.7. The average Bonchev–Trinajstić information content (AvgIpc) is 2.41. The molecule has 0 aliphatic heterocycles. The summed E-state index contributed by atoms with van der Waals surface area (Å²) in [4.78, 5) is 8.59. The Bertz CT molecular complexity index is 717. The summed E-state index contributed by atoms with van der Waals surface area (Å²) in [5.41, 5.74) is 0.735. The zero-order chi connectivity index (χ0) is 14.8. The Balaban J connectivity index is 2.26. The number of aromatic nitrogens is 2. The van der Waals surface area contributed by atoms with Gasteiger partial charge in [-0.25, -0.2) is 13.4 Å². The lowest BCUT2D eigenvalue weighted by Gasteiger charge is -2.09. The number of halogens is 1. The van der Waals surface area contributed by atoms with Crippen LogP contribution < -0.4 is 10.6 Å². The topological polar surface area (TPSA) is 84.0 Å². The summed E-state index contributed by atoms with van der Waals surface area (Å²) in [6, 6.07) is 6.46. The van der Waals surface area contributed by atoms with Crippen molar-refractivity contribution in [1.29, 1.82) is 0 Å². The number of nitrogens with one attached hydrogen (secondary N) is 2. The Morgan fingerprint density at radius 2 is 1.85 bits per heavy atom. The molecule has 0 saturated carbocycles. The van der Waals surface area contributed by atoms with Crippen LogP contribution in [0.25, 0.3) is 0 Å². The molecule has 0 aliphatic carbocycles. The van der Waals surface area contributed by atoms with Crippen molar-refractivity contribution in [1.82, 2.24) is 9.97 Å². The van der Waals surface area contributed by atoms with E-state index in [1.165, 1.54) is 6.26 Å². The number of nitrogens with zero attached hydrogens (tertiary/aromatic N) is 2. The molecule has 0 saturated heterocycles. The predicted molar refractivity (Wildman–Crippen MR) is 82.1 cm³/mol.